The monoisotopic (exact) mass is 378 g/mol. The SMILES string of the molecule is O=C(COc1cccc([N+](=O)[O-])c1)N1c2ccccc2Sc2ccccc21. The van der Waals surface area contributed by atoms with E-state index in [1.165, 1.54) is 18.2 Å². The van der Waals surface area contributed by atoms with Crippen molar-refractivity contribution in [1.82, 2.24) is 0 Å². The number of rotatable bonds is 4. The Hall–Kier alpha value is -3.32. The standard InChI is InChI=1S/C20H14N2O4S/c23-20(13-26-15-7-5-6-14(12-15)22(24)25)21-16-8-1-3-10-18(16)27-19-11-4-2-9-17(19)21/h1-12H,13H2. The molecular formula is C20H14N2O4S. The molecule has 0 aromatic heterocycles. The number of nitro benzene ring substituents is 1. The Kier molecular flexibility index (Phi) is 4.52. The number of amides is 1. The normalized spacial score (nSPS) is 12.1. The highest BCUT2D eigenvalue weighted by Gasteiger charge is 2.28. The second-order valence-electron chi connectivity index (χ2n) is 5.81. The van der Waals surface area contributed by atoms with Crippen molar-refractivity contribution in [2.75, 3.05) is 11.5 Å². The summed E-state index contributed by atoms with van der Waals surface area (Å²) >= 11 is 1.61. The molecule has 4 rings (SSSR count). The van der Waals surface area contributed by atoms with Crippen LogP contribution in [0.3, 0.4) is 0 Å². The summed E-state index contributed by atoms with van der Waals surface area (Å²) in [6, 6.07) is 21.2. The van der Waals surface area contributed by atoms with Gasteiger partial charge in [-0.3, -0.25) is 19.8 Å². The zero-order valence-corrected chi connectivity index (χ0v) is 14.9. The van der Waals surface area contributed by atoms with E-state index in [0.717, 1.165) is 21.2 Å². The molecule has 1 aliphatic rings. The lowest BCUT2D eigenvalue weighted by Gasteiger charge is -2.30. The maximum atomic E-state index is 13.0. The minimum absolute atomic E-state index is 0.0787. The summed E-state index contributed by atoms with van der Waals surface area (Å²) < 4.78 is 5.54. The van der Waals surface area contributed by atoms with Gasteiger partial charge in [-0.15, -0.1) is 0 Å². The first-order valence-electron chi connectivity index (χ1n) is 8.19. The molecule has 6 nitrogen and oxygen atoms in total. The Morgan fingerprint density at radius 3 is 2.22 bits per heavy atom. The van der Waals surface area contributed by atoms with E-state index < -0.39 is 4.92 Å². The fourth-order valence-corrected chi connectivity index (χ4v) is 3.93. The summed E-state index contributed by atoms with van der Waals surface area (Å²) in [6.45, 7) is -0.228. The third-order valence-electron chi connectivity index (χ3n) is 4.07. The first kappa shape index (κ1) is 17.1. The van der Waals surface area contributed by atoms with Crippen molar-refractivity contribution in [1.29, 1.82) is 0 Å². The van der Waals surface area contributed by atoms with E-state index in [1.807, 2.05) is 48.5 Å². The Bertz CT molecular complexity index is 992. The van der Waals surface area contributed by atoms with Gasteiger partial charge >= 0.3 is 0 Å². The number of nitro groups is 1. The van der Waals surface area contributed by atoms with Gasteiger partial charge in [0, 0.05) is 15.9 Å². The van der Waals surface area contributed by atoms with Gasteiger partial charge in [-0.1, -0.05) is 42.1 Å². The third kappa shape index (κ3) is 3.37. The number of non-ortho nitro benzene ring substituents is 1. The molecule has 0 spiro atoms. The summed E-state index contributed by atoms with van der Waals surface area (Å²) in [5.41, 5.74) is 1.52. The highest BCUT2D eigenvalue weighted by atomic mass is 32.2. The molecule has 0 bridgehead atoms. The zero-order chi connectivity index (χ0) is 18.8. The lowest BCUT2D eigenvalue weighted by Crippen LogP contribution is -2.32. The van der Waals surface area contributed by atoms with Crippen molar-refractivity contribution in [3.05, 3.63) is 82.9 Å². The van der Waals surface area contributed by atoms with E-state index in [-0.39, 0.29) is 24.0 Å². The quantitative estimate of drug-likeness (QED) is 0.481. The van der Waals surface area contributed by atoms with Crippen LogP contribution < -0.4 is 9.64 Å². The van der Waals surface area contributed by atoms with Crippen molar-refractivity contribution < 1.29 is 14.5 Å². The number of carbonyl (C=O) groups excluding carboxylic acids is 1. The van der Waals surface area contributed by atoms with Crippen molar-refractivity contribution in [3.8, 4) is 5.75 Å². The molecule has 0 aliphatic carbocycles. The van der Waals surface area contributed by atoms with Gasteiger partial charge in [-0.05, 0) is 30.3 Å². The van der Waals surface area contributed by atoms with Crippen LogP contribution in [0.15, 0.2) is 82.6 Å². The molecule has 3 aromatic carbocycles. The third-order valence-corrected chi connectivity index (χ3v) is 5.20. The van der Waals surface area contributed by atoms with Crippen LogP contribution in [0.1, 0.15) is 0 Å². The van der Waals surface area contributed by atoms with E-state index >= 15 is 0 Å². The fraction of sp³-hybridized carbons (Fsp3) is 0.0500. The van der Waals surface area contributed by atoms with Gasteiger partial charge in [-0.25, -0.2) is 0 Å². The number of ether oxygens (including phenoxy) is 1. The molecule has 0 fully saturated rings. The number of para-hydroxylation sites is 2. The molecule has 0 saturated carbocycles. The molecule has 1 amide bonds. The molecule has 1 heterocycles. The molecule has 3 aromatic rings. The molecular weight excluding hydrogens is 364 g/mol. The molecule has 0 atom stereocenters. The maximum absolute atomic E-state index is 13.0. The van der Waals surface area contributed by atoms with Crippen LogP contribution in [0, 0.1) is 10.1 Å². The first-order valence-corrected chi connectivity index (χ1v) is 9.01. The highest BCUT2D eigenvalue weighted by molar-refractivity contribution is 7.99. The lowest BCUT2D eigenvalue weighted by molar-refractivity contribution is -0.384. The average molecular weight is 378 g/mol. The molecule has 27 heavy (non-hydrogen) atoms. The number of hydrogen-bond acceptors (Lipinski definition) is 5. The average Bonchev–Trinajstić information content (AvgIpc) is 2.70. The van der Waals surface area contributed by atoms with Crippen LogP contribution in [0.2, 0.25) is 0 Å². The molecule has 134 valence electrons. The van der Waals surface area contributed by atoms with Crippen LogP contribution in [0.25, 0.3) is 0 Å². The molecule has 0 N–H and O–H groups in total. The van der Waals surface area contributed by atoms with Gasteiger partial charge in [0.15, 0.2) is 6.61 Å². The van der Waals surface area contributed by atoms with E-state index in [0.29, 0.717) is 0 Å². The van der Waals surface area contributed by atoms with Gasteiger partial charge in [0.1, 0.15) is 5.75 Å². The summed E-state index contributed by atoms with van der Waals surface area (Å²) in [5, 5.41) is 10.9. The molecule has 0 radical (unpaired) electrons. The Morgan fingerprint density at radius 1 is 0.963 bits per heavy atom. The zero-order valence-electron chi connectivity index (χ0n) is 14.1. The number of carbonyl (C=O) groups is 1. The van der Waals surface area contributed by atoms with Gasteiger partial charge in [0.25, 0.3) is 11.6 Å². The minimum atomic E-state index is -0.497. The van der Waals surface area contributed by atoms with Crippen LogP contribution in [0.5, 0.6) is 5.75 Å². The molecule has 0 saturated heterocycles. The van der Waals surface area contributed by atoms with Crippen LogP contribution in [-0.2, 0) is 4.79 Å². The summed E-state index contributed by atoms with van der Waals surface area (Å²) in [6.07, 6.45) is 0. The Labute approximate surface area is 159 Å². The number of fused-ring (bicyclic) bond motifs is 2. The van der Waals surface area contributed by atoms with E-state index in [2.05, 4.69) is 0 Å². The van der Waals surface area contributed by atoms with Crippen LogP contribution in [-0.4, -0.2) is 17.4 Å². The van der Waals surface area contributed by atoms with Crippen LogP contribution >= 0.6 is 11.8 Å². The lowest BCUT2D eigenvalue weighted by atomic mass is 10.2. The predicted octanol–water partition coefficient (Wildman–Crippen LogP) is 4.80. The molecule has 7 heteroatoms. The number of benzene rings is 3. The van der Waals surface area contributed by atoms with Crippen molar-refractivity contribution in [2.45, 2.75) is 9.79 Å². The number of hydrogen-bond donors (Lipinski definition) is 0. The Balaban J connectivity index is 1.61. The van der Waals surface area contributed by atoms with Crippen molar-refractivity contribution in [2.24, 2.45) is 0 Å². The maximum Gasteiger partial charge on any atom is 0.273 e. The van der Waals surface area contributed by atoms with Crippen molar-refractivity contribution >= 4 is 34.7 Å². The van der Waals surface area contributed by atoms with Gasteiger partial charge in [0.05, 0.1) is 22.4 Å². The fourth-order valence-electron chi connectivity index (χ4n) is 2.87. The van der Waals surface area contributed by atoms with Crippen molar-refractivity contribution in [3.63, 3.8) is 0 Å². The largest absolute Gasteiger partial charge is 0.483 e. The first-order chi connectivity index (χ1) is 13.1. The minimum Gasteiger partial charge on any atom is -0.483 e. The second-order valence-corrected chi connectivity index (χ2v) is 6.89. The van der Waals surface area contributed by atoms with Gasteiger partial charge in [-0.2, -0.15) is 0 Å². The summed E-state index contributed by atoms with van der Waals surface area (Å²) in [5.74, 6) is 0.0345. The smallest absolute Gasteiger partial charge is 0.273 e. The summed E-state index contributed by atoms with van der Waals surface area (Å²) in [7, 11) is 0. The topological polar surface area (TPSA) is 72.7 Å². The van der Waals surface area contributed by atoms with Crippen LogP contribution in [0.4, 0.5) is 17.1 Å². The predicted molar refractivity (Wildman–Crippen MR) is 103 cm³/mol. The Morgan fingerprint density at radius 2 is 1.59 bits per heavy atom. The second kappa shape index (κ2) is 7.13. The van der Waals surface area contributed by atoms with Gasteiger partial charge < -0.3 is 4.74 Å². The molecule has 0 unspecified atom stereocenters. The number of nitrogens with zero attached hydrogens (tertiary/aromatic N) is 2. The van der Waals surface area contributed by atoms with E-state index in [4.69, 9.17) is 4.74 Å². The van der Waals surface area contributed by atoms with E-state index in [1.54, 1.807) is 22.7 Å². The summed E-state index contributed by atoms with van der Waals surface area (Å²) in [4.78, 5) is 27.0. The number of anilines is 2. The molecule has 1 aliphatic heterocycles. The van der Waals surface area contributed by atoms with E-state index in [9.17, 15) is 14.9 Å². The van der Waals surface area contributed by atoms with Gasteiger partial charge in [0.2, 0.25) is 0 Å². The highest BCUT2D eigenvalue weighted by Crippen LogP contribution is 2.47.